The average molecular weight is 246 g/mol. The zero-order valence-electron chi connectivity index (χ0n) is 9.71. The Bertz CT molecular complexity index is 559. The first-order chi connectivity index (χ1) is 8.74. The van der Waals surface area contributed by atoms with Crippen LogP contribution in [0.15, 0.2) is 34.1 Å². The number of aliphatic hydroxyl groups excluding tert-OH is 1. The number of H-pyrrole nitrogens is 1. The molecule has 2 aromatic heterocycles. The molecule has 0 saturated carbocycles. The number of rotatable bonds is 3. The van der Waals surface area contributed by atoms with E-state index >= 15 is 0 Å². The highest BCUT2D eigenvalue weighted by Gasteiger charge is 2.23. The number of fused-ring (bicyclic) bond motifs is 1. The number of aromatic nitrogens is 1. The molecule has 3 rings (SSSR count). The van der Waals surface area contributed by atoms with Crippen LogP contribution in [0.25, 0.3) is 0 Å². The number of nitrogen functional groups attached to an aromatic ring is 1. The van der Waals surface area contributed by atoms with Crippen LogP contribution in [0.5, 0.6) is 0 Å². The van der Waals surface area contributed by atoms with Crippen molar-refractivity contribution in [2.24, 2.45) is 4.99 Å². The van der Waals surface area contributed by atoms with Crippen LogP contribution in [0.2, 0.25) is 0 Å². The molecule has 0 aliphatic carbocycles. The van der Waals surface area contributed by atoms with Crippen LogP contribution in [-0.4, -0.2) is 27.9 Å². The van der Waals surface area contributed by atoms with Gasteiger partial charge in [0.15, 0.2) is 6.23 Å². The molecule has 0 amide bonds. The standard InChI is InChI=1S/C12H14N4O2/c13-10-5-9-11(15-10)14-7-16(12(9)17)3-1-8-2-4-18-6-8/h2,4-7,12,15,17H,1,3,13H2. The number of nitrogens with zero attached hydrogens (tertiary/aromatic N) is 2. The summed E-state index contributed by atoms with van der Waals surface area (Å²) in [5.74, 6) is 1.13. The summed E-state index contributed by atoms with van der Waals surface area (Å²) in [7, 11) is 0. The molecule has 4 N–H and O–H groups in total. The lowest BCUT2D eigenvalue weighted by atomic mass is 10.2. The quantitative estimate of drug-likeness (QED) is 0.763. The molecule has 2 aromatic rings. The van der Waals surface area contributed by atoms with Crippen LogP contribution >= 0.6 is 0 Å². The van der Waals surface area contributed by atoms with Crippen LogP contribution < -0.4 is 5.73 Å². The van der Waals surface area contributed by atoms with Crippen molar-refractivity contribution in [3.05, 3.63) is 35.8 Å². The Labute approximate surface area is 104 Å². The first-order valence-electron chi connectivity index (χ1n) is 5.71. The molecule has 0 aromatic carbocycles. The Hall–Kier alpha value is -2.21. The zero-order valence-corrected chi connectivity index (χ0v) is 9.71. The summed E-state index contributed by atoms with van der Waals surface area (Å²) in [6.45, 7) is 0.661. The molecule has 1 aliphatic rings. The second kappa shape index (κ2) is 4.23. The highest BCUT2D eigenvalue weighted by molar-refractivity contribution is 5.68. The minimum absolute atomic E-state index is 0.507. The van der Waals surface area contributed by atoms with Gasteiger partial charge in [0, 0.05) is 12.1 Å². The van der Waals surface area contributed by atoms with Crippen molar-refractivity contribution in [1.29, 1.82) is 0 Å². The van der Waals surface area contributed by atoms with E-state index in [4.69, 9.17) is 10.2 Å². The van der Waals surface area contributed by atoms with Gasteiger partial charge in [-0.1, -0.05) is 0 Å². The summed E-state index contributed by atoms with van der Waals surface area (Å²) in [6.07, 6.45) is 5.05. The van der Waals surface area contributed by atoms with E-state index in [1.54, 1.807) is 29.8 Å². The van der Waals surface area contributed by atoms with E-state index in [1.165, 1.54) is 0 Å². The minimum Gasteiger partial charge on any atom is -0.472 e. The summed E-state index contributed by atoms with van der Waals surface area (Å²) < 4.78 is 5.00. The molecule has 3 heterocycles. The predicted octanol–water partition coefficient (Wildman–Crippen LogP) is 1.40. The molecule has 1 atom stereocenters. The summed E-state index contributed by atoms with van der Waals surface area (Å²) in [4.78, 5) is 8.89. The summed E-state index contributed by atoms with van der Waals surface area (Å²) in [6, 6.07) is 3.62. The van der Waals surface area contributed by atoms with Gasteiger partial charge in [-0.05, 0) is 24.1 Å². The number of anilines is 1. The molecule has 94 valence electrons. The SMILES string of the molecule is Nc1cc2c([nH]1)N=CN(CCc1ccoc1)C2O. The number of aromatic amines is 1. The fourth-order valence-electron chi connectivity index (χ4n) is 2.03. The van der Waals surface area contributed by atoms with Gasteiger partial charge in [-0.25, -0.2) is 4.99 Å². The van der Waals surface area contributed by atoms with E-state index in [2.05, 4.69) is 9.98 Å². The van der Waals surface area contributed by atoms with E-state index in [0.29, 0.717) is 23.7 Å². The molecule has 0 fully saturated rings. The maximum atomic E-state index is 10.2. The van der Waals surface area contributed by atoms with Crippen molar-refractivity contribution in [1.82, 2.24) is 9.88 Å². The smallest absolute Gasteiger partial charge is 0.157 e. The first-order valence-corrected chi connectivity index (χ1v) is 5.71. The van der Waals surface area contributed by atoms with Gasteiger partial charge in [-0.2, -0.15) is 0 Å². The van der Waals surface area contributed by atoms with Gasteiger partial charge in [0.2, 0.25) is 0 Å². The maximum absolute atomic E-state index is 10.2. The molecule has 6 nitrogen and oxygen atoms in total. The van der Waals surface area contributed by atoms with Crippen LogP contribution in [0, 0.1) is 0 Å². The van der Waals surface area contributed by atoms with Crippen LogP contribution in [0.4, 0.5) is 11.6 Å². The third-order valence-corrected chi connectivity index (χ3v) is 3.01. The molecule has 0 bridgehead atoms. The van der Waals surface area contributed by atoms with Gasteiger partial charge in [-0.15, -0.1) is 0 Å². The van der Waals surface area contributed by atoms with Crippen molar-refractivity contribution in [2.75, 3.05) is 12.3 Å². The average Bonchev–Trinajstić information content (AvgIpc) is 2.97. The summed E-state index contributed by atoms with van der Waals surface area (Å²) >= 11 is 0. The number of furan rings is 1. The number of aliphatic imine (C=N–C) groups is 1. The predicted molar refractivity (Wildman–Crippen MR) is 67.4 cm³/mol. The number of hydrogen-bond donors (Lipinski definition) is 3. The van der Waals surface area contributed by atoms with Crippen LogP contribution in [0.1, 0.15) is 17.4 Å². The number of nitrogens with two attached hydrogens (primary N) is 1. The molecule has 0 spiro atoms. The lowest BCUT2D eigenvalue weighted by Gasteiger charge is -2.28. The van der Waals surface area contributed by atoms with Gasteiger partial charge >= 0.3 is 0 Å². The Balaban J connectivity index is 1.72. The third kappa shape index (κ3) is 1.86. The Morgan fingerprint density at radius 3 is 3.22 bits per heavy atom. The van der Waals surface area contributed by atoms with E-state index in [1.807, 2.05) is 6.07 Å². The normalized spacial score (nSPS) is 18.1. The van der Waals surface area contributed by atoms with Crippen LogP contribution in [-0.2, 0) is 6.42 Å². The Morgan fingerprint density at radius 1 is 1.56 bits per heavy atom. The van der Waals surface area contributed by atoms with Crippen molar-refractivity contribution in [2.45, 2.75) is 12.6 Å². The molecule has 6 heteroatoms. The number of aliphatic hydroxyl groups is 1. The Morgan fingerprint density at radius 2 is 2.44 bits per heavy atom. The molecular formula is C12H14N4O2. The van der Waals surface area contributed by atoms with E-state index in [-0.39, 0.29) is 0 Å². The number of hydrogen-bond acceptors (Lipinski definition) is 5. The second-order valence-electron chi connectivity index (χ2n) is 4.27. The van der Waals surface area contributed by atoms with Gasteiger partial charge in [0.25, 0.3) is 0 Å². The van der Waals surface area contributed by atoms with Gasteiger partial charge in [-0.3, -0.25) is 0 Å². The van der Waals surface area contributed by atoms with Crippen LogP contribution in [0.3, 0.4) is 0 Å². The zero-order chi connectivity index (χ0) is 12.5. The van der Waals surface area contributed by atoms with E-state index in [0.717, 1.165) is 12.0 Å². The first kappa shape index (κ1) is 10.9. The minimum atomic E-state index is -0.710. The van der Waals surface area contributed by atoms with Gasteiger partial charge in [0.1, 0.15) is 11.6 Å². The van der Waals surface area contributed by atoms with Gasteiger partial charge in [0.05, 0.1) is 18.9 Å². The van der Waals surface area contributed by atoms with Crippen molar-refractivity contribution in [3.63, 3.8) is 0 Å². The second-order valence-corrected chi connectivity index (χ2v) is 4.27. The number of nitrogens with one attached hydrogen (secondary N) is 1. The molecule has 18 heavy (non-hydrogen) atoms. The topological polar surface area (TPSA) is 90.8 Å². The van der Waals surface area contributed by atoms with Gasteiger partial charge < -0.3 is 25.1 Å². The fraction of sp³-hybridized carbons (Fsp3) is 0.250. The largest absolute Gasteiger partial charge is 0.472 e. The van der Waals surface area contributed by atoms with Crippen molar-refractivity contribution in [3.8, 4) is 0 Å². The highest BCUT2D eigenvalue weighted by Crippen LogP contribution is 2.32. The Kier molecular flexibility index (Phi) is 2.56. The molecule has 0 radical (unpaired) electrons. The fourth-order valence-corrected chi connectivity index (χ4v) is 2.03. The third-order valence-electron chi connectivity index (χ3n) is 3.01. The molecule has 1 unspecified atom stereocenters. The van der Waals surface area contributed by atoms with Crippen molar-refractivity contribution < 1.29 is 9.52 Å². The lowest BCUT2D eigenvalue weighted by Crippen LogP contribution is -2.31. The maximum Gasteiger partial charge on any atom is 0.157 e. The molecule has 1 aliphatic heterocycles. The highest BCUT2D eigenvalue weighted by atomic mass is 16.3. The summed E-state index contributed by atoms with van der Waals surface area (Å²) in [5, 5.41) is 10.2. The monoisotopic (exact) mass is 246 g/mol. The van der Waals surface area contributed by atoms with E-state index in [9.17, 15) is 5.11 Å². The molecular weight excluding hydrogens is 232 g/mol. The summed E-state index contributed by atoms with van der Waals surface area (Å²) in [5.41, 5.74) is 7.45. The van der Waals surface area contributed by atoms with Crippen molar-refractivity contribution >= 4 is 18.0 Å². The lowest BCUT2D eigenvalue weighted by molar-refractivity contribution is 0.0552. The van der Waals surface area contributed by atoms with E-state index < -0.39 is 6.23 Å². The molecule has 0 saturated heterocycles.